The fraction of sp³-hybridized carbons (Fsp3) is 0.550. The zero-order valence-corrected chi connectivity index (χ0v) is 16.4. The number of carbonyl (C=O) groups is 1. The van der Waals surface area contributed by atoms with Crippen molar-refractivity contribution in [3.05, 3.63) is 30.3 Å². The van der Waals surface area contributed by atoms with Crippen molar-refractivity contribution in [1.82, 2.24) is 15.1 Å². The second kappa shape index (κ2) is 6.41. The summed E-state index contributed by atoms with van der Waals surface area (Å²) >= 11 is 1.33. The van der Waals surface area contributed by atoms with E-state index in [1.54, 1.807) is 0 Å². The predicted octanol–water partition coefficient (Wildman–Crippen LogP) is 4.26. The molecule has 0 unspecified atom stereocenters. The van der Waals surface area contributed by atoms with Crippen LogP contribution in [0.3, 0.4) is 0 Å². The summed E-state index contributed by atoms with van der Waals surface area (Å²) in [6, 6.07) is 10.1. The van der Waals surface area contributed by atoms with E-state index in [1.807, 2.05) is 30.3 Å². The summed E-state index contributed by atoms with van der Waals surface area (Å²) in [5.74, 6) is 1.02. The molecule has 0 spiro atoms. The van der Waals surface area contributed by atoms with E-state index < -0.39 is 0 Å². The molecule has 2 aliphatic rings. The molecular weight excluding hydrogens is 346 g/mol. The Hall–Kier alpha value is -1.82. The van der Waals surface area contributed by atoms with Gasteiger partial charge in [-0.25, -0.2) is 0 Å². The summed E-state index contributed by atoms with van der Waals surface area (Å²) in [6.07, 6.45) is 3.42. The third-order valence-corrected chi connectivity index (χ3v) is 6.28. The minimum absolute atomic E-state index is 0.181. The highest BCUT2D eigenvalue weighted by molar-refractivity contribution is 7.99. The molecule has 5 nitrogen and oxygen atoms in total. The SMILES string of the molecule is CC1(C)C[C@@H]2C[C@@](C)(CN2C(=O)CSc2nnc(-c3ccccc3)o2)C1. The zero-order chi connectivity index (χ0) is 18.4. The Morgan fingerprint density at radius 3 is 2.77 bits per heavy atom. The summed E-state index contributed by atoms with van der Waals surface area (Å²) in [5.41, 5.74) is 1.47. The Morgan fingerprint density at radius 2 is 2.00 bits per heavy atom. The minimum atomic E-state index is 0.181. The van der Waals surface area contributed by atoms with Crippen LogP contribution in [0.25, 0.3) is 11.5 Å². The number of likely N-dealkylation sites (tertiary alicyclic amines) is 1. The Labute approximate surface area is 158 Å². The van der Waals surface area contributed by atoms with Gasteiger partial charge >= 0.3 is 0 Å². The monoisotopic (exact) mass is 371 g/mol. The first-order valence-corrected chi connectivity index (χ1v) is 10.1. The van der Waals surface area contributed by atoms with Gasteiger partial charge < -0.3 is 9.32 Å². The van der Waals surface area contributed by atoms with Gasteiger partial charge in [0.2, 0.25) is 11.8 Å². The highest BCUT2D eigenvalue weighted by atomic mass is 32.2. The van der Waals surface area contributed by atoms with Gasteiger partial charge in [0.25, 0.3) is 5.22 Å². The lowest BCUT2D eigenvalue weighted by molar-refractivity contribution is -0.129. The van der Waals surface area contributed by atoms with Crippen molar-refractivity contribution >= 4 is 17.7 Å². The Balaban J connectivity index is 1.39. The van der Waals surface area contributed by atoms with Crippen molar-refractivity contribution in [2.45, 2.75) is 51.3 Å². The Bertz CT molecular complexity index is 804. The molecule has 1 saturated heterocycles. The molecule has 2 atom stereocenters. The molecule has 0 N–H and O–H groups in total. The Kier molecular flexibility index (Phi) is 4.34. The van der Waals surface area contributed by atoms with E-state index in [1.165, 1.54) is 18.2 Å². The van der Waals surface area contributed by atoms with E-state index in [-0.39, 0.29) is 11.3 Å². The first-order valence-electron chi connectivity index (χ1n) is 9.15. The minimum Gasteiger partial charge on any atom is -0.411 e. The first kappa shape index (κ1) is 17.6. The second-order valence-electron chi connectivity index (χ2n) is 8.76. The van der Waals surface area contributed by atoms with Gasteiger partial charge in [-0.2, -0.15) is 0 Å². The fourth-order valence-corrected chi connectivity index (χ4v) is 5.57. The van der Waals surface area contributed by atoms with Gasteiger partial charge in [-0.05, 0) is 42.2 Å². The number of hydrogen-bond donors (Lipinski definition) is 0. The highest BCUT2D eigenvalue weighted by Gasteiger charge is 2.50. The molecule has 138 valence electrons. The molecule has 1 aliphatic carbocycles. The predicted molar refractivity (Wildman–Crippen MR) is 102 cm³/mol. The van der Waals surface area contributed by atoms with Crippen LogP contribution in [0.5, 0.6) is 0 Å². The number of rotatable bonds is 4. The van der Waals surface area contributed by atoms with Crippen LogP contribution in [-0.4, -0.2) is 39.3 Å². The van der Waals surface area contributed by atoms with Gasteiger partial charge in [0.15, 0.2) is 0 Å². The van der Waals surface area contributed by atoms with Gasteiger partial charge in [-0.15, -0.1) is 10.2 Å². The van der Waals surface area contributed by atoms with Crippen LogP contribution in [-0.2, 0) is 4.79 Å². The van der Waals surface area contributed by atoms with Crippen LogP contribution in [0.15, 0.2) is 40.0 Å². The van der Waals surface area contributed by atoms with E-state index in [2.05, 4.69) is 35.9 Å². The lowest BCUT2D eigenvalue weighted by Crippen LogP contribution is -2.38. The van der Waals surface area contributed by atoms with Crippen LogP contribution in [0.2, 0.25) is 0 Å². The van der Waals surface area contributed by atoms with Crippen LogP contribution < -0.4 is 0 Å². The molecule has 1 aromatic carbocycles. The lowest BCUT2D eigenvalue weighted by Gasteiger charge is -2.39. The molecule has 2 bridgehead atoms. The van der Waals surface area contributed by atoms with Crippen LogP contribution in [0, 0.1) is 10.8 Å². The maximum Gasteiger partial charge on any atom is 0.277 e. The van der Waals surface area contributed by atoms with Crippen LogP contribution in [0.1, 0.15) is 40.0 Å². The quantitative estimate of drug-likeness (QED) is 0.752. The van der Waals surface area contributed by atoms with Gasteiger partial charge in [-0.3, -0.25) is 4.79 Å². The molecule has 1 amide bonds. The standard InChI is InChI=1S/C20H25N3O2S/c1-19(2)9-15-10-20(3,12-19)13-23(15)16(24)11-26-18-22-21-17(25-18)14-7-5-4-6-8-14/h4-8,15H,9-13H2,1-3H3/t15-,20-/m1/s1. The lowest BCUT2D eigenvalue weighted by atomic mass is 9.65. The molecule has 1 aliphatic heterocycles. The summed E-state index contributed by atoms with van der Waals surface area (Å²) in [5, 5.41) is 8.60. The van der Waals surface area contributed by atoms with Crippen molar-refractivity contribution in [1.29, 1.82) is 0 Å². The van der Waals surface area contributed by atoms with E-state index in [0.29, 0.717) is 28.3 Å². The average molecular weight is 372 g/mol. The first-order chi connectivity index (χ1) is 12.3. The second-order valence-corrected chi connectivity index (χ2v) is 9.69. The number of amides is 1. The Morgan fingerprint density at radius 1 is 1.23 bits per heavy atom. The third-order valence-electron chi connectivity index (χ3n) is 5.48. The van der Waals surface area contributed by atoms with Crippen molar-refractivity contribution < 1.29 is 9.21 Å². The topological polar surface area (TPSA) is 59.2 Å². The molecule has 0 radical (unpaired) electrons. The molecule has 1 saturated carbocycles. The van der Waals surface area contributed by atoms with Gasteiger partial charge in [0.1, 0.15) is 0 Å². The molecule has 1 aromatic heterocycles. The molecule has 2 aromatic rings. The number of fused-ring (bicyclic) bond motifs is 2. The van der Waals surface area contributed by atoms with Gasteiger partial charge in [0, 0.05) is 18.2 Å². The molecule has 6 heteroatoms. The average Bonchev–Trinajstić information content (AvgIpc) is 3.15. The largest absolute Gasteiger partial charge is 0.411 e. The van der Waals surface area contributed by atoms with Crippen molar-refractivity contribution in [2.24, 2.45) is 10.8 Å². The summed E-state index contributed by atoms with van der Waals surface area (Å²) in [7, 11) is 0. The van der Waals surface area contributed by atoms with Gasteiger partial charge in [-0.1, -0.05) is 50.7 Å². The van der Waals surface area contributed by atoms with E-state index in [0.717, 1.165) is 24.9 Å². The number of thioether (sulfide) groups is 1. The van der Waals surface area contributed by atoms with Crippen LogP contribution in [0.4, 0.5) is 0 Å². The molecule has 26 heavy (non-hydrogen) atoms. The van der Waals surface area contributed by atoms with Gasteiger partial charge in [0.05, 0.1) is 5.75 Å². The van der Waals surface area contributed by atoms with Crippen molar-refractivity contribution in [3.63, 3.8) is 0 Å². The fourth-order valence-electron chi connectivity index (χ4n) is 4.92. The number of nitrogens with zero attached hydrogens (tertiary/aromatic N) is 3. The molecule has 4 rings (SSSR count). The normalized spacial score (nSPS) is 26.9. The molecule has 2 heterocycles. The maximum atomic E-state index is 12.8. The number of hydrogen-bond acceptors (Lipinski definition) is 5. The maximum absolute atomic E-state index is 12.8. The van der Waals surface area contributed by atoms with E-state index >= 15 is 0 Å². The van der Waals surface area contributed by atoms with E-state index in [9.17, 15) is 4.79 Å². The number of aromatic nitrogens is 2. The van der Waals surface area contributed by atoms with Crippen LogP contribution >= 0.6 is 11.8 Å². The highest BCUT2D eigenvalue weighted by Crippen LogP contribution is 2.52. The third kappa shape index (κ3) is 3.52. The summed E-state index contributed by atoms with van der Waals surface area (Å²) in [6.45, 7) is 7.85. The summed E-state index contributed by atoms with van der Waals surface area (Å²) < 4.78 is 5.69. The smallest absolute Gasteiger partial charge is 0.277 e. The number of benzene rings is 1. The molecular formula is C20H25N3O2S. The van der Waals surface area contributed by atoms with E-state index in [4.69, 9.17) is 4.42 Å². The van der Waals surface area contributed by atoms with Crippen molar-refractivity contribution in [2.75, 3.05) is 12.3 Å². The molecule has 2 fully saturated rings. The number of carbonyl (C=O) groups excluding carboxylic acids is 1. The summed E-state index contributed by atoms with van der Waals surface area (Å²) in [4.78, 5) is 14.9. The van der Waals surface area contributed by atoms with Crippen molar-refractivity contribution in [3.8, 4) is 11.5 Å². The zero-order valence-electron chi connectivity index (χ0n) is 15.6.